The van der Waals surface area contributed by atoms with E-state index in [1.807, 2.05) is 11.8 Å². The van der Waals surface area contributed by atoms with E-state index in [-0.39, 0.29) is 0 Å². The van der Waals surface area contributed by atoms with Crippen molar-refractivity contribution < 1.29 is 0 Å². The first kappa shape index (κ1) is 11.8. The Kier molecular flexibility index (Phi) is 7.97. The molecule has 0 aromatic rings. The van der Waals surface area contributed by atoms with Gasteiger partial charge in [0, 0.05) is 23.7 Å². The predicted molar refractivity (Wildman–Crippen MR) is 58.8 cm³/mol. The Bertz CT molecular complexity index is 88.2. The minimum Gasteiger partial charge on any atom is -0.312 e. The molecule has 0 radical (unpaired) electrons. The molecule has 3 heteroatoms. The Morgan fingerprint density at radius 3 is 2.45 bits per heavy atom. The fourth-order valence-corrected chi connectivity index (χ4v) is 2.11. The SMILES string of the molecule is CSCCNC(CBr)C(C)C. The Morgan fingerprint density at radius 1 is 1.45 bits per heavy atom. The number of alkyl halides is 1. The molecule has 0 amide bonds. The van der Waals surface area contributed by atoms with Gasteiger partial charge in [-0.25, -0.2) is 0 Å². The van der Waals surface area contributed by atoms with Crippen molar-refractivity contribution in [1.29, 1.82) is 0 Å². The summed E-state index contributed by atoms with van der Waals surface area (Å²) in [5.74, 6) is 1.92. The molecule has 0 aliphatic rings. The summed E-state index contributed by atoms with van der Waals surface area (Å²) in [7, 11) is 0. The van der Waals surface area contributed by atoms with Crippen LogP contribution in [0.2, 0.25) is 0 Å². The number of rotatable bonds is 6. The van der Waals surface area contributed by atoms with Gasteiger partial charge in [0.25, 0.3) is 0 Å². The minimum absolute atomic E-state index is 0.627. The largest absolute Gasteiger partial charge is 0.312 e. The van der Waals surface area contributed by atoms with Gasteiger partial charge in [-0.1, -0.05) is 29.8 Å². The highest BCUT2D eigenvalue weighted by Gasteiger charge is 2.09. The lowest BCUT2D eigenvalue weighted by Crippen LogP contribution is -2.36. The topological polar surface area (TPSA) is 12.0 Å². The van der Waals surface area contributed by atoms with Gasteiger partial charge in [0.1, 0.15) is 0 Å². The Morgan fingerprint density at radius 2 is 2.09 bits per heavy atom. The molecule has 0 saturated carbocycles. The van der Waals surface area contributed by atoms with Crippen LogP contribution >= 0.6 is 27.7 Å². The summed E-state index contributed by atoms with van der Waals surface area (Å²) in [6, 6.07) is 0.627. The van der Waals surface area contributed by atoms with E-state index >= 15 is 0 Å². The van der Waals surface area contributed by atoms with Gasteiger partial charge in [-0.2, -0.15) is 11.8 Å². The maximum atomic E-state index is 3.50. The molecular weight excluding hydrogens is 222 g/mol. The lowest BCUT2D eigenvalue weighted by atomic mass is 10.1. The normalized spacial score (nSPS) is 13.9. The molecule has 68 valence electrons. The van der Waals surface area contributed by atoms with Crippen LogP contribution in [0.4, 0.5) is 0 Å². The molecular formula is C8H18BrNS. The van der Waals surface area contributed by atoms with Gasteiger partial charge in [0.05, 0.1) is 0 Å². The fourth-order valence-electron chi connectivity index (χ4n) is 0.815. The average molecular weight is 240 g/mol. The number of thioether (sulfide) groups is 1. The van der Waals surface area contributed by atoms with Crippen molar-refractivity contribution in [2.45, 2.75) is 19.9 Å². The van der Waals surface area contributed by atoms with E-state index < -0.39 is 0 Å². The fraction of sp³-hybridized carbons (Fsp3) is 1.00. The number of hydrogen-bond donors (Lipinski definition) is 1. The second kappa shape index (κ2) is 7.44. The lowest BCUT2D eigenvalue weighted by molar-refractivity contribution is 0.447. The minimum atomic E-state index is 0.627. The lowest BCUT2D eigenvalue weighted by Gasteiger charge is -2.19. The number of hydrogen-bond acceptors (Lipinski definition) is 2. The summed E-state index contributed by atoms with van der Waals surface area (Å²) in [4.78, 5) is 0. The third kappa shape index (κ3) is 6.00. The van der Waals surface area contributed by atoms with E-state index in [2.05, 4.69) is 41.3 Å². The molecule has 1 unspecified atom stereocenters. The molecule has 0 heterocycles. The molecule has 1 atom stereocenters. The van der Waals surface area contributed by atoms with Gasteiger partial charge < -0.3 is 5.32 Å². The van der Waals surface area contributed by atoms with Gasteiger partial charge in [-0.05, 0) is 12.2 Å². The van der Waals surface area contributed by atoms with Crippen LogP contribution in [0.25, 0.3) is 0 Å². The van der Waals surface area contributed by atoms with Crippen LogP contribution in [0.5, 0.6) is 0 Å². The summed E-state index contributed by atoms with van der Waals surface area (Å²) < 4.78 is 0. The van der Waals surface area contributed by atoms with Crippen molar-refractivity contribution in [3.05, 3.63) is 0 Å². The van der Waals surface area contributed by atoms with E-state index in [9.17, 15) is 0 Å². The quantitative estimate of drug-likeness (QED) is 0.565. The zero-order valence-corrected chi connectivity index (χ0v) is 9.96. The molecule has 1 N–H and O–H groups in total. The molecule has 0 aliphatic carbocycles. The van der Waals surface area contributed by atoms with Gasteiger partial charge in [0.2, 0.25) is 0 Å². The molecule has 11 heavy (non-hydrogen) atoms. The van der Waals surface area contributed by atoms with Gasteiger partial charge in [0.15, 0.2) is 0 Å². The third-order valence-electron chi connectivity index (χ3n) is 1.68. The van der Waals surface area contributed by atoms with Crippen LogP contribution in [-0.2, 0) is 0 Å². The number of nitrogens with one attached hydrogen (secondary N) is 1. The highest BCUT2D eigenvalue weighted by Crippen LogP contribution is 2.04. The first-order valence-electron chi connectivity index (χ1n) is 4.00. The summed E-state index contributed by atoms with van der Waals surface area (Å²) in [6.07, 6.45) is 2.14. The Labute approximate surface area is 82.8 Å². The standard InChI is InChI=1S/C8H18BrNS/c1-7(2)8(6-9)10-4-5-11-3/h7-8,10H,4-6H2,1-3H3. The highest BCUT2D eigenvalue weighted by molar-refractivity contribution is 9.09. The first-order valence-corrected chi connectivity index (χ1v) is 6.52. The van der Waals surface area contributed by atoms with Crippen molar-refractivity contribution in [2.75, 3.05) is 23.9 Å². The first-order chi connectivity index (χ1) is 5.22. The van der Waals surface area contributed by atoms with Crippen molar-refractivity contribution in [2.24, 2.45) is 5.92 Å². The predicted octanol–water partition coefficient (Wildman–Crippen LogP) is 2.36. The number of halogens is 1. The Hall–Kier alpha value is 0.790. The van der Waals surface area contributed by atoms with Crippen molar-refractivity contribution in [3.63, 3.8) is 0 Å². The van der Waals surface area contributed by atoms with Crippen LogP contribution in [0, 0.1) is 5.92 Å². The molecule has 0 spiro atoms. The maximum absolute atomic E-state index is 3.50. The summed E-state index contributed by atoms with van der Waals surface area (Å²) >= 11 is 5.39. The van der Waals surface area contributed by atoms with Gasteiger partial charge >= 0.3 is 0 Å². The van der Waals surface area contributed by atoms with E-state index in [0.29, 0.717) is 6.04 Å². The summed E-state index contributed by atoms with van der Waals surface area (Å²) in [5.41, 5.74) is 0. The van der Waals surface area contributed by atoms with Crippen LogP contribution in [-0.4, -0.2) is 29.9 Å². The van der Waals surface area contributed by atoms with E-state index in [0.717, 1.165) is 17.8 Å². The van der Waals surface area contributed by atoms with Crippen molar-refractivity contribution in [3.8, 4) is 0 Å². The van der Waals surface area contributed by atoms with E-state index in [1.54, 1.807) is 0 Å². The second-order valence-corrected chi connectivity index (χ2v) is 4.58. The molecule has 0 rings (SSSR count). The zero-order valence-electron chi connectivity index (χ0n) is 7.56. The molecule has 0 aromatic carbocycles. The molecule has 1 nitrogen and oxygen atoms in total. The van der Waals surface area contributed by atoms with Crippen LogP contribution in [0.3, 0.4) is 0 Å². The third-order valence-corrected chi connectivity index (χ3v) is 2.99. The molecule has 0 aliphatic heterocycles. The van der Waals surface area contributed by atoms with E-state index in [4.69, 9.17) is 0 Å². The van der Waals surface area contributed by atoms with E-state index in [1.165, 1.54) is 5.75 Å². The highest BCUT2D eigenvalue weighted by atomic mass is 79.9. The van der Waals surface area contributed by atoms with Crippen LogP contribution < -0.4 is 5.32 Å². The average Bonchev–Trinajstić information content (AvgIpc) is 1.97. The monoisotopic (exact) mass is 239 g/mol. The molecule has 0 saturated heterocycles. The second-order valence-electron chi connectivity index (χ2n) is 2.95. The molecule has 0 aromatic heterocycles. The maximum Gasteiger partial charge on any atom is 0.0188 e. The zero-order chi connectivity index (χ0) is 8.69. The summed E-state index contributed by atoms with van der Waals surface area (Å²) in [5, 5.41) is 4.56. The van der Waals surface area contributed by atoms with Crippen molar-refractivity contribution in [1.82, 2.24) is 5.32 Å². The Balaban J connectivity index is 3.36. The van der Waals surface area contributed by atoms with Gasteiger partial charge in [-0.15, -0.1) is 0 Å². The molecule has 0 fully saturated rings. The van der Waals surface area contributed by atoms with Crippen LogP contribution in [0.15, 0.2) is 0 Å². The smallest absolute Gasteiger partial charge is 0.0188 e. The van der Waals surface area contributed by atoms with Crippen LogP contribution in [0.1, 0.15) is 13.8 Å². The molecule has 0 bridgehead atoms. The van der Waals surface area contributed by atoms with Gasteiger partial charge in [-0.3, -0.25) is 0 Å². The van der Waals surface area contributed by atoms with Crippen molar-refractivity contribution >= 4 is 27.7 Å². The summed E-state index contributed by atoms with van der Waals surface area (Å²) in [6.45, 7) is 5.62.